The molecular formula is C17H20F3NO3. The third-order valence-electron chi connectivity index (χ3n) is 4.49. The zero-order valence-corrected chi connectivity index (χ0v) is 13.6. The lowest BCUT2D eigenvalue weighted by Crippen LogP contribution is -2.41. The molecule has 0 unspecified atom stereocenters. The summed E-state index contributed by atoms with van der Waals surface area (Å²) >= 11 is 0. The second-order valence-corrected chi connectivity index (χ2v) is 6.04. The third kappa shape index (κ3) is 4.07. The Kier molecular flexibility index (Phi) is 5.51. The van der Waals surface area contributed by atoms with E-state index in [0.717, 1.165) is 18.6 Å². The highest BCUT2D eigenvalue weighted by Crippen LogP contribution is 2.31. The Labute approximate surface area is 138 Å². The normalized spacial score (nSPS) is 21.2. The molecular weight excluding hydrogens is 323 g/mol. The van der Waals surface area contributed by atoms with Crippen LogP contribution < -0.4 is 0 Å². The molecule has 2 atom stereocenters. The summed E-state index contributed by atoms with van der Waals surface area (Å²) in [6.07, 6.45) is -1.84. The minimum absolute atomic E-state index is 0.00693. The van der Waals surface area contributed by atoms with Crippen LogP contribution >= 0.6 is 0 Å². The minimum atomic E-state index is -4.49. The number of halogens is 3. The van der Waals surface area contributed by atoms with Crippen molar-refractivity contribution in [3.05, 3.63) is 35.4 Å². The lowest BCUT2D eigenvalue weighted by atomic mass is 9.85. The van der Waals surface area contributed by atoms with Crippen molar-refractivity contribution in [2.75, 3.05) is 14.2 Å². The van der Waals surface area contributed by atoms with Gasteiger partial charge in [-0.3, -0.25) is 9.59 Å². The summed E-state index contributed by atoms with van der Waals surface area (Å²) in [5, 5.41) is 0. The van der Waals surface area contributed by atoms with Crippen molar-refractivity contribution >= 4 is 11.9 Å². The number of carbonyl (C=O) groups excluding carboxylic acids is 2. The van der Waals surface area contributed by atoms with Crippen LogP contribution in [0.5, 0.6) is 0 Å². The van der Waals surface area contributed by atoms with E-state index in [0.29, 0.717) is 19.3 Å². The number of ether oxygens (including phenoxy) is 1. The molecule has 1 saturated carbocycles. The van der Waals surface area contributed by atoms with Crippen LogP contribution in [0, 0.1) is 5.92 Å². The maximum absolute atomic E-state index is 12.8. The Hall–Kier alpha value is -2.05. The van der Waals surface area contributed by atoms with Gasteiger partial charge >= 0.3 is 12.1 Å². The molecule has 0 bridgehead atoms. The fraction of sp³-hybridized carbons (Fsp3) is 0.529. The number of rotatable bonds is 3. The summed E-state index contributed by atoms with van der Waals surface area (Å²) in [6.45, 7) is 0. The molecule has 0 aliphatic heterocycles. The number of hydrogen-bond donors (Lipinski definition) is 0. The van der Waals surface area contributed by atoms with E-state index in [1.165, 1.54) is 24.1 Å². The van der Waals surface area contributed by atoms with Crippen LogP contribution in [0.25, 0.3) is 0 Å². The number of alkyl halides is 3. The summed E-state index contributed by atoms with van der Waals surface area (Å²) in [7, 11) is 2.89. The van der Waals surface area contributed by atoms with Gasteiger partial charge in [0.15, 0.2) is 0 Å². The molecule has 0 radical (unpaired) electrons. The summed E-state index contributed by atoms with van der Waals surface area (Å²) in [5.74, 6) is -1.05. The molecule has 132 valence electrons. The molecule has 0 spiro atoms. The van der Waals surface area contributed by atoms with Crippen molar-refractivity contribution in [3.63, 3.8) is 0 Å². The average Bonchev–Trinajstić information content (AvgIpc) is 2.59. The van der Waals surface area contributed by atoms with Gasteiger partial charge in [-0.25, -0.2) is 0 Å². The van der Waals surface area contributed by atoms with E-state index in [1.807, 2.05) is 0 Å². The van der Waals surface area contributed by atoms with Gasteiger partial charge in [0.1, 0.15) is 0 Å². The quantitative estimate of drug-likeness (QED) is 0.789. The summed E-state index contributed by atoms with van der Waals surface area (Å²) in [4.78, 5) is 25.6. The van der Waals surface area contributed by atoms with Crippen molar-refractivity contribution < 1.29 is 27.5 Å². The van der Waals surface area contributed by atoms with Crippen LogP contribution in [-0.4, -0.2) is 37.0 Å². The van der Waals surface area contributed by atoms with Crippen LogP contribution in [0.1, 0.15) is 41.6 Å². The summed E-state index contributed by atoms with van der Waals surface area (Å²) in [5.41, 5.74) is -0.856. The lowest BCUT2D eigenvalue weighted by molar-refractivity contribution is -0.147. The number of amides is 1. The standard InChI is InChI=1S/C17H20F3NO3/c1-21(14-8-4-6-12(10-14)16(23)24-2)15(22)11-5-3-7-13(9-11)17(18,19)20/h3,5,7,9,12,14H,4,6,8,10H2,1-2H3/t12-,14+/m0/s1. The topological polar surface area (TPSA) is 46.6 Å². The van der Waals surface area contributed by atoms with Crippen LogP contribution in [0.3, 0.4) is 0 Å². The van der Waals surface area contributed by atoms with Crippen LogP contribution in [0.15, 0.2) is 24.3 Å². The Morgan fingerprint density at radius 2 is 1.96 bits per heavy atom. The van der Waals surface area contributed by atoms with Gasteiger partial charge in [-0.2, -0.15) is 13.2 Å². The molecule has 7 heteroatoms. The fourth-order valence-corrected chi connectivity index (χ4v) is 3.09. The first kappa shape index (κ1) is 18.3. The van der Waals surface area contributed by atoms with E-state index in [4.69, 9.17) is 4.74 Å². The van der Waals surface area contributed by atoms with E-state index >= 15 is 0 Å². The average molecular weight is 343 g/mol. The molecule has 24 heavy (non-hydrogen) atoms. The van der Waals surface area contributed by atoms with Crippen molar-refractivity contribution in [3.8, 4) is 0 Å². The molecule has 1 fully saturated rings. The van der Waals surface area contributed by atoms with E-state index in [9.17, 15) is 22.8 Å². The second kappa shape index (κ2) is 7.23. The van der Waals surface area contributed by atoms with E-state index in [1.54, 1.807) is 7.05 Å². The zero-order chi connectivity index (χ0) is 17.9. The summed E-state index contributed by atoms with van der Waals surface area (Å²) < 4.78 is 43.1. The van der Waals surface area contributed by atoms with Crippen molar-refractivity contribution in [2.45, 2.75) is 37.9 Å². The molecule has 1 aromatic carbocycles. The van der Waals surface area contributed by atoms with Crippen molar-refractivity contribution in [2.24, 2.45) is 5.92 Å². The number of carbonyl (C=O) groups is 2. The van der Waals surface area contributed by atoms with E-state index < -0.39 is 17.6 Å². The number of methoxy groups -OCH3 is 1. The molecule has 2 rings (SSSR count). The lowest BCUT2D eigenvalue weighted by Gasteiger charge is -2.34. The highest BCUT2D eigenvalue weighted by molar-refractivity contribution is 5.94. The van der Waals surface area contributed by atoms with Gasteiger partial charge in [0.05, 0.1) is 18.6 Å². The highest BCUT2D eigenvalue weighted by atomic mass is 19.4. The fourth-order valence-electron chi connectivity index (χ4n) is 3.09. The molecule has 1 amide bonds. The molecule has 4 nitrogen and oxygen atoms in total. The van der Waals surface area contributed by atoms with Gasteiger partial charge < -0.3 is 9.64 Å². The number of nitrogens with zero attached hydrogens (tertiary/aromatic N) is 1. The second-order valence-electron chi connectivity index (χ2n) is 6.04. The highest BCUT2D eigenvalue weighted by Gasteiger charge is 2.34. The van der Waals surface area contributed by atoms with Crippen LogP contribution in [0.4, 0.5) is 13.2 Å². The maximum atomic E-state index is 12.8. The van der Waals surface area contributed by atoms with Gasteiger partial charge in [0.2, 0.25) is 0 Å². The Morgan fingerprint density at radius 3 is 2.58 bits per heavy atom. The summed E-state index contributed by atoms with van der Waals surface area (Å²) in [6, 6.07) is 4.20. The number of hydrogen-bond acceptors (Lipinski definition) is 3. The Balaban J connectivity index is 2.13. The first-order valence-electron chi connectivity index (χ1n) is 7.76. The first-order valence-corrected chi connectivity index (χ1v) is 7.76. The van der Waals surface area contributed by atoms with Crippen molar-refractivity contribution in [1.82, 2.24) is 4.90 Å². The molecule has 1 aliphatic carbocycles. The number of esters is 1. The molecule has 1 aliphatic rings. The SMILES string of the molecule is COC(=O)[C@H]1CCC[C@@H](N(C)C(=O)c2cccc(C(F)(F)F)c2)C1. The molecule has 1 aromatic rings. The van der Waals surface area contributed by atoms with Gasteiger partial charge in [-0.15, -0.1) is 0 Å². The Morgan fingerprint density at radius 1 is 1.25 bits per heavy atom. The van der Waals surface area contributed by atoms with Crippen LogP contribution in [-0.2, 0) is 15.7 Å². The zero-order valence-electron chi connectivity index (χ0n) is 13.6. The van der Waals surface area contributed by atoms with E-state index in [-0.39, 0.29) is 23.5 Å². The monoisotopic (exact) mass is 343 g/mol. The molecule has 0 saturated heterocycles. The first-order chi connectivity index (χ1) is 11.2. The van der Waals surface area contributed by atoms with Gasteiger partial charge in [-0.05, 0) is 37.5 Å². The van der Waals surface area contributed by atoms with E-state index in [2.05, 4.69) is 0 Å². The minimum Gasteiger partial charge on any atom is -0.469 e. The van der Waals surface area contributed by atoms with Gasteiger partial charge in [0.25, 0.3) is 5.91 Å². The predicted octanol–water partition coefficient (Wildman–Crippen LogP) is 3.51. The predicted molar refractivity (Wildman–Crippen MR) is 81.3 cm³/mol. The Bertz CT molecular complexity index is 615. The third-order valence-corrected chi connectivity index (χ3v) is 4.49. The van der Waals surface area contributed by atoms with Crippen LogP contribution in [0.2, 0.25) is 0 Å². The largest absolute Gasteiger partial charge is 0.469 e. The van der Waals surface area contributed by atoms with Crippen molar-refractivity contribution in [1.29, 1.82) is 0 Å². The smallest absolute Gasteiger partial charge is 0.416 e. The van der Waals surface area contributed by atoms with Gasteiger partial charge in [0, 0.05) is 18.7 Å². The maximum Gasteiger partial charge on any atom is 0.416 e. The molecule has 0 heterocycles. The number of benzene rings is 1. The molecule has 0 aromatic heterocycles. The molecule has 0 N–H and O–H groups in total. The van der Waals surface area contributed by atoms with Gasteiger partial charge in [-0.1, -0.05) is 12.5 Å².